The molecular weight excluding hydrogens is 348 g/mol. The topological polar surface area (TPSA) is 49.4 Å². The Morgan fingerprint density at radius 1 is 1.04 bits per heavy atom. The predicted octanol–water partition coefficient (Wildman–Crippen LogP) is 4.29. The molecule has 0 fully saturated rings. The molecule has 0 aromatic heterocycles. The average Bonchev–Trinajstić information content (AvgIpc) is 2.56. The summed E-state index contributed by atoms with van der Waals surface area (Å²) in [5.41, 5.74) is 5.09. The van der Waals surface area contributed by atoms with E-state index >= 15 is 0 Å². The third kappa shape index (κ3) is 5.60. The molecular formula is C21H25ClN2O2. The maximum atomic E-state index is 12.5. The van der Waals surface area contributed by atoms with Crippen molar-refractivity contribution < 1.29 is 9.59 Å². The van der Waals surface area contributed by atoms with E-state index in [1.807, 2.05) is 57.2 Å². The number of benzene rings is 2. The van der Waals surface area contributed by atoms with E-state index in [4.69, 9.17) is 11.6 Å². The van der Waals surface area contributed by atoms with Crippen molar-refractivity contribution in [1.29, 1.82) is 0 Å². The molecule has 5 heteroatoms. The van der Waals surface area contributed by atoms with Gasteiger partial charge in [0.1, 0.15) is 0 Å². The first-order chi connectivity index (χ1) is 12.3. The number of carbonyl (C=O) groups is 2. The molecule has 0 aliphatic rings. The standard InChI is InChI=1S/C21H25ClN2O2/c1-14-11-15(2)21(16(3)12-14)23-20(26)13-24(17(4)25)10-9-18-5-7-19(22)8-6-18/h5-8,11-12H,9-10,13H2,1-4H3,(H,23,26). The third-order valence-corrected chi connectivity index (χ3v) is 4.56. The second-order valence-corrected chi connectivity index (χ2v) is 7.08. The van der Waals surface area contributed by atoms with Crippen molar-refractivity contribution >= 4 is 29.1 Å². The second kappa shape index (κ2) is 8.86. The minimum atomic E-state index is -0.189. The lowest BCUT2D eigenvalue weighted by Gasteiger charge is -2.21. The Balaban J connectivity index is 1.99. The van der Waals surface area contributed by atoms with E-state index in [0.717, 1.165) is 27.9 Å². The number of nitrogens with zero attached hydrogens (tertiary/aromatic N) is 1. The fourth-order valence-electron chi connectivity index (χ4n) is 2.99. The third-order valence-electron chi connectivity index (χ3n) is 4.30. The second-order valence-electron chi connectivity index (χ2n) is 6.64. The lowest BCUT2D eigenvalue weighted by atomic mass is 10.1. The van der Waals surface area contributed by atoms with E-state index in [1.54, 1.807) is 4.90 Å². The first-order valence-electron chi connectivity index (χ1n) is 8.64. The summed E-state index contributed by atoms with van der Waals surface area (Å²) in [6.45, 7) is 7.97. The van der Waals surface area contributed by atoms with Crippen molar-refractivity contribution in [2.75, 3.05) is 18.4 Å². The molecule has 4 nitrogen and oxygen atoms in total. The van der Waals surface area contributed by atoms with Crippen LogP contribution in [0.4, 0.5) is 5.69 Å². The molecule has 1 N–H and O–H groups in total. The van der Waals surface area contributed by atoms with Crippen LogP contribution in [0.1, 0.15) is 29.2 Å². The molecule has 0 atom stereocenters. The largest absolute Gasteiger partial charge is 0.333 e. The van der Waals surface area contributed by atoms with Crippen molar-refractivity contribution in [2.24, 2.45) is 0 Å². The van der Waals surface area contributed by atoms with E-state index in [2.05, 4.69) is 5.32 Å². The van der Waals surface area contributed by atoms with Crippen molar-refractivity contribution in [1.82, 2.24) is 4.90 Å². The highest BCUT2D eigenvalue weighted by Gasteiger charge is 2.15. The number of carbonyl (C=O) groups excluding carboxylic acids is 2. The average molecular weight is 373 g/mol. The van der Waals surface area contributed by atoms with Gasteiger partial charge in [0.2, 0.25) is 11.8 Å². The Bertz CT molecular complexity index is 777. The molecule has 26 heavy (non-hydrogen) atoms. The Morgan fingerprint density at radius 3 is 2.15 bits per heavy atom. The predicted molar refractivity (Wildman–Crippen MR) is 107 cm³/mol. The van der Waals surface area contributed by atoms with Gasteiger partial charge in [0, 0.05) is 24.2 Å². The number of halogens is 1. The van der Waals surface area contributed by atoms with Crippen molar-refractivity contribution in [3.05, 3.63) is 63.7 Å². The van der Waals surface area contributed by atoms with E-state index in [1.165, 1.54) is 6.92 Å². The highest BCUT2D eigenvalue weighted by Crippen LogP contribution is 2.21. The van der Waals surface area contributed by atoms with Crippen LogP contribution < -0.4 is 5.32 Å². The van der Waals surface area contributed by atoms with Gasteiger partial charge in [0.15, 0.2) is 0 Å². The SMILES string of the molecule is CC(=O)N(CCc1ccc(Cl)cc1)CC(=O)Nc1c(C)cc(C)cc1C. The van der Waals surface area contributed by atoms with Gasteiger partial charge in [-0.25, -0.2) is 0 Å². The molecule has 0 bridgehead atoms. The van der Waals surface area contributed by atoms with Crippen molar-refractivity contribution in [3.63, 3.8) is 0 Å². The number of hydrogen-bond donors (Lipinski definition) is 1. The van der Waals surface area contributed by atoms with Crippen LogP contribution in [-0.4, -0.2) is 29.8 Å². The quantitative estimate of drug-likeness (QED) is 0.822. The molecule has 0 saturated carbocycles. The molecule has 2 rings (SSSR count). The summed E-state index contributed by atoms with van der Waals surface area (Å²) in [5, 5.41) is 3.63. The maximum Gasteiger partial charge on any atom is 0.244 e. The monoisotopic (exact) mass is 372 g/mol. The maximum absolute atomic E-state index is 12.5. The molecule has 2 aromatic rings. The molecule has 2 amide bonds. The van der Waals surface area contributed by atoms with Crippen LogP contribution in [0.5, 0.6) is 0 Å². The van der Waals surface area contributed by atoms with Gasteiger partial charge in [0.05, 0.1) is 6.54 Å². The van der Waals surface area contributed by atoms with Gasteiger partial charge in [-0.05, 0) is 56.0 Å². The highest BCUT2D eigenvalue weighted by molar-refractivity contribution is 6.30. The lowest BCUT2D eigenvalue weighted by molar-refractivity contribution is -0.132. The van der Waals surface area contributed by atoms with Crippen molar-refractivity contribution in [2.45, 2.75) is 34.1 Å². The molecule has 0 heterocycles. The van der Waals surface area contributed by atoms with Gasteiger partial charge in [-0.1, -0.05) is 41.4 Å². The summed E-state index contributed by atoms with van der Waals surface area (Å²) in [4.78, 5) is 25.9. The molecule has 0 aliphatic heterocycles. The van der Waals surface area contributed by atoms with Crippen molar-refractivity contribution in [3.8, 4) is 0 Å². The van der Waals surface area contributed by atoms with Gasteiger partial charge >= 0.3 is 0 Å². The minimum absolute atomic E-state index is 0.0374. The fourth-order valence-corrected chi connectivity index (χ4v) is 3.12. The lowest BCUT2D eigenvalue weighted by Crippen LogP contribution is -2.38. The van der Waals surface area contributed by atoms with E-state index < -0.39 is 0 Å². The molecule has 2 aromatic carbocycles. The summed E-state index contributed by atoms with van der Waals surface area (Å²) >= 11 is 5.89. The number of anilines is 1. The number of hydrogen-bond acceptors (Lipinski definition) is 2. The van der Waals surface area contributed by atoms with Gasteiger partial charge < -0.3 is 10.2 Å². The summed E-state index contributed by atoms with van der Waals surface area (Å²) in [7, 11) is 0. The Hall–Kier alpha value is -2.33. The van der Waals surface area contributed by atoms with E-state index in [-0.39, 0.29) is 18.4 Å². The van der Waals surface area contributed by atoms with Crippen LogP contribution in [0.2, 0.25) is 5.02 Å². The van der Waals surface area contributed by atoms with Gasteiger partial charge in [-0.15, -0.1) is 0 Å². The van der Waals surface area contributed by atoms with E-state index in [0.29, 0.717) is 18.0 Å². The molecule has 0 aliphatic carbocycles. The zero-order valence-corrected chi connectivity index (χ0v) is 16.5. The Labute approximate surface area is 160 Å². The van der Waals surface area contributed by atoms with Crippen LogP contribution in [-0.2, 0) is 16.0 Å². The Morgan fingerprint density at radius 2 is 1.62 bits per heavy atom. The fraction of sp³-hybridized carbons (Fsp3) is 0.333. The number of aryl methyl sites for hydroxylation is 3. The summed E-state index contributed by atoms with van der Waals surface area (Å²) in [5.74, 6) is -0.308. The van der Waals surface area contributed by atoms with Crippen LogP contribution in [0.25, 0.3) is 0 Å². The number of amides is 2. The van der Waals surface area contributed by atoms with Gasteiger partial charge in [-0.3, -0.25) is 9.59 Å². The minimum Gasteiger partial charge on any atom is -0.333 e. The smallest absolute Gasteiger partial charge is 0.244 e. The van der Waals surface area contributed by atoms with E-state index in [9.17, 15) is 9.59 Å². The first kappa shape index (κ1) is 20.0. The molecule has 138 valence electrons. The van der Waals surface area contributed by atoms with Crippen LogP contribution in [0.3, 0.4) is 0 Å². The number of nitrogens with one attached hydrogen (secondary N) is 1. The van der Waals surface area contributed by atoms with Gasteiger partial charge in [0.25, 0.3) is 0 Å². The number of rotatable bonds is 6. The molecule has 0 spiro atoms. The zero-order chi connectivity index (χ0) is 19.3. The molecule has 0 saturated heterocycles. The summed E-state index contributed by atoms with van der Waals surface area (Å²) < 4.78 is 0. The van der Waals surface area contributed by atoms with Gasteiger partial charge in [-0.2, -0.15) is 0 Å². The summed E-state index contributed by atoms with van der Waals surface area (Å²) in [6.07, 6.45) is 0.673. The van der Waals surface area contributed by atoms with Crippen LogP contribution >= 0.6 is 11.6 Å². The zero-order valence-electron chi connectivity index (χ0n) is 15.7. The highest BCUT2D eigenvalue weighted by atomic mass is 35.5. The normalized spacial score (nSPS) is 10.5. The molecule has 0 unspecified atom stereocenters. The first-order valence-corrected chi connectivity index (χ1v) is 9.01. The molecule has 0 radical (unpaired) electrons. The van der Waals surface area contributed by atoms with Crippen LogP contribution in [0, 0.1) is 20.8 Å². The summed E-state index contributed by atoms with van der Waals surface area (Å²) in [6, 6.07) is 11.6. The van der Waals surface area contributed by atoms with Crippen LogP contribution in [0.15, 0.2) is 36.4 Å². The Kier molecular flexibility index (Phi) is 6.81.